The number of halogens is 1. The molecule has 3 heteroatoms. The van der Waals surface area contributed by atoms with E-state index in [9.17, 15) is 0 Å². The topological polar surface area (TPSA) is 3.24 Å². The maximum atomic E-state index is 6.04. The molecule has 2 rings (SSSR count). The Morgan fingerprint density at radius 2 is 1.94 bits per heavy atom. The predicted octanol–water partition coefficient (Wildman–Crippen LogP) is 3.80. The predicted molar refractivity (Wildman–Crippen MR) is 68.5 cm³/mol. The maximum Gasteiger partial charge on any atom is 0.0170 e. The zero-order valence-corrected chi connectivity index (χ0v) is 13.4. The number of hydrogen-bond donors (Lipinski definition) is 0. The van der Waals surface area contributed by atoms with Crippen molar-refractivity contribution < 1.29 is 32.7 Å². The average molecular weight is 320 g/mol. The van der Waals surface area contributed by atoms with Crippen LogP contribution in [0.15, 0.2) is 53.7 Å². The Bertz CT molecular complexity index is 462. The fraction of sp³-hybridized carbons (Fsp3) is 0.143. The molecule has 0 N–H and O–H groups in total. The SMILES string of the molecule is C=C1C(Cl)=C[C-]=C(c2ccccc2)N1CC.[Y]. The van der Waals surface area contributed by atoms with Crippen molar-refractivity contribution in [1.82, 2.24) is 4.90 Å². The van der Waals surface area contributed by atoms with Crippen LogP contribution in [0.3, 0.4) is 0 Å². The van der Waals surface area contributed by atoms with Crippen molar-refractivity contribution in [2.45, 2.75) is 6.92 Å². The van der Waals surface area contributed by atoms with Gasteiger partial charge in [0.25, 0.3) is 0 Å². The first-order valence-electron chi connectivity index (χ1n) is 5.25. The van der Waals surface area contributed by atoms with Crippen molar-refractivity contribution in [2.75, 3.05) is 6.54 Å². The van der Waals surface area contributed by atoms with Crippen molar-refractivity contribution in [1.29, 1.82) is 0 Å². The molecule has 1 aliphatic heterocycles. The van der Waals surface area contributed by atoms with E-state index >= 15 is 0 Å². The second-order valence-corrected chi connectivity index (χ2v) is 3.95. The van der Waals surface area contributed by atoms with E-state index in [0.29, 0.717) is 5.03 Å². The molecule has 1 aromatic carbocycles. The van der Waals surface area contributed by atoms with Crippen LogP contribution < -0.4 is 0 Å². The maximum absolute atomic E-state index is 6.04. The fourth-order valence-corrected chi connectivity index (χ4v) is 1.90. The Labute approximate surface area is 133 Å². The van der Waals surface area contributed by atoms with Crippen LogP contribution in [0.5, 0.6) is 0 Å². The molecule has 0 spiro atoms. The molecule has 0 unspecified atom stereocenters. The third-order valence-electron chi connectivity index (χ3n) is 2.57. The van der Waals surface area contributed by atoms with Crippen LogP contribution in [0.4, 0.5) is 0 Å². The van der Waals surface area contributed by atoms with Crippen molar-refractivity contribution in [2.24, 2.45) is 0 Å². The molecule has 1 aromatic rings. The van der Waals surface area contributed by atoms with Gasteiger partial charge in [-0.15, -0.1) is 12.1 Å². The summed E-state index contributed by atoms with van der Waals surface area (Å²) < 4.78 is 0. The third-order valence-corrected chi connectivity index (χ3v) is 2.90. The molecule has 1 radical (unpaired) electrons. The Hall–Kier alpha value is -0.366. The zero-order valence-electron chi connectivity index (χ0n) is 9.78. The fourth-order valence-electron chi connectivity index (χ4n) is 1.74. The number of allylic oxidation sites excluding steroid dienone is 3. The number of benzene rings is 1. The van der Waals surface area contributed by atoms with Crippen molar-refractivity contribution >= 4 is 17.3 Å². The van der Waals surface area contributed by atoms with Crippen LogP contribution >= 0.6 is 11.6 Å². The van der Waals surface area contributed by atoms with Gasteiger partial charge in [0.2, 0.25) is 0 Å². The minimum absolute atomic E-state index is 0. The smallest absolute Gasteiger partial charge is 0.0170 e. The normalized spacial score (nSPS) is 14.9. The molecule has 0 saturated carbocycles. The summed E-state index contributed by atoms with van der Waals surface area (Å²) in [6.45, 7) is 6.90. The van der Waals surface area contributed by atoms with Crippen LogP contribution in [0, 0.1) is 6.08 Å². The van der Waals surface area contributed by atoms with Crippen LogP contribution in [0.2, 0.25) is 0 Å². The molecule has 0 aliphatic carbocycles. The molecule has 0 atom stereocenters. The van der Waals surface area contributed by atoms with E-state index in [-0.39, 0.29) is 32.7 Å². The van der Waals surface area contributed by atoms with Crippen LogP contribution in [0.1, 0.15) is 12.5 Å². The van der Waals surface area contributed by atoms with E-state index in [1.807, 2.05) is 18.2 Å². The van der Waals surface area contributed by atoms with E-state index in [4.69, 9.17) is 11.6 Å². The molecule has 0 bridgehead atoms. The zero-order chi connectivity index (χ0) is 11.5. The number of rotatable bonds is 2. The van der Waals surface area contributed by atoms with Gasteiger partial charge in [0.15, 0.2) is 0 Å². The van der Waals surface area contributed by atoms with Gasteiger partial charge < -0.3 is 4.90 Å². The second kappa shape index (κ2) is 6.54. The number of hydrogen-bond acceptors (Lipinski definition) is 1. The molecule has 0 aromatic heterocycles. The van der Waals surface area contributed by atoms with Gasteiger partial charge in [0.05, 0.1) is 0 Å². The van der Waals surface area contributed by atoms with Gasteiger partial charge in [-0.2, -0.15) is 23.8 Å². The Morgan fingerprint density at radius 1 is 1.29 bits per heavy atom. The first kappa shape index (κ1) is 14.7. The summed E-state index contributed by atoms with van der Waals surface area (Å²) in [4.78, 5) is 2.07. The molecule has 0 saturated heterocycles. The van der Waals surface area contributed by atoms with E-state index < -0.39 is 0 Å². The first-order valence-corrected chi connectivity index (χ1v) is 5.63. The van der Waals surface area contributed by atoms with E-state index in [2.05, 4.69) is 36.6 Å². The van der Waals surface area contributed by atoms with Crippen molar-refractivity contribution in [3.05, 3.63) is 65.4 Å². The molecule has 0 fully saturated rings. The molecule has 1 heterocycles. The van der Waals surface area contributed by atoms with Crippen LogP contribution in [0.25, 0.3) is 5.70 Å². The Balaban J connectivity index is 0.00000144. The summed E-state index contributed by atoms with van der Waals surface area (Å²) >= 11 is 6.04. The van der Waals surface area contributed by atoms with Gasteiger partial charge in [0.1, 0.15) is 0 Å². The van der Waals surface area contributed by atoms with Crippen molar-refractivity contribution in [3.8, 4) is 0 Å². The van der Waals surface area contributed by atoms with E-state index in [1.165, 1.54) is 0 Å². The minimum atomic E-state index is 0. The average Bonchev–Trinajstić information content (AvgIpc) is 2.33. The summed E-state index contributed by atoms with van der Waals surface area (Å²) in [5.74, 6) is 0. The minimum Gasteiger partial charge on any atom is -0.374 e. The number of nitrogens with zero attached hydrogens (tertiary/aromatic N) is 1. The molecule has 1 aliphatic rings. The molecule has 17 heavy (non-hydrogen) atoms. The summed E-state index contributed by atoms with van der Waals surface area (Å²) in [5.41, 5.74) is 2.99. The second-order valence-electron chi connectivity index (χ2n) is 3.54. The molecule has 0 amide bonds. The van der Waals surface area contributed by atoms with Gasteiger partial charge in [-0.25, -0.2) is 0 Å². The quantitative estimate of drug-likeness (QED) is 0.750. The van der Waals surface area contributed by atoms with Crippen LogP contribution in [-0.4, -0.2) is 11.4 Å². The van der Waals surface area contributed by atoms with Crippen molar-refractivity contribution in [3.63, 3.8) is 0 Å². The summed E-state index contributed by atoms with van der Waals surface area (Å²) in [5, 5.41) is 0.654. The Kier molecular flexibility index (Phi) is 5.65. The third kappa shape index (κ3) is 3.10. The molecular weight excluding hydrogens is 307 g/mol. The first-order chi connectivity index (χ1) is 7.74. The Morgan fingerprint density at radius 3 is 2.53 bits per heavy atom. The summed E-state index contributed by atoms with van der Waals surface area (Å²) in [7, 11) is 0. The van der Waals surface area contributed by atoms with Gasteiger partial charge in [-0.05, 0) is 17.7 Å². The standard InChI is InChI=1S/C14H13ClN.Y/c1-3-16-11(2)13(15)9-10-14(16)12-7-5-4-6-8-12;/h4-9H,2-3H2,1H3;/q-1;. The molecular formula is C14H13ClNY-. The van der Waals surface area contributed by atoms with Gasteiger partial charge in [-0.3, -0.25) is 0 Å². The monoisotopic (exact) mass is 319 g/mol. The molecule has 85 valence electrons. The molecule has 1 nitrogen and oxygen atoms in total. The van der Waals surface area contributed by atoms with Gasteiger partial charge in [-0.1, -0.05) is 36.0 Å². The summed E-state index contributed by atoms with van der Waals surface area (Å²) in [6.07, 6.45) is 4.98. The van der Waals surface area contributed by atoms with Crippen LogP contribution in [-0.2, 0) is 32.7 Å². The van der Waals surface area contributed by atoms with Gasteiger partial charge >= 0.3 is 0 Å². The summed E-state index contributed by atoms with van der Waals surface area (Å²) in [6, 6.07) is 10.2. The largest absolute Gasteiger partial charge is 0.374 e. The number of likely N-dealkylation sites (N-methyl/N-ethyl adjacent to an activating group) is 1. The van der Waals surface area contributed by atoms with E-state index in [0.717, 1.165) is 23.5 Å². The van der Waals surface area contributed by atoms with E-state index in [1.54, 1.807) is 6.08 Å². The van der Waals surface area contributed by atoms with Gasteiger partial charge in [0, 0.05) is 39.3 Å².